The van der Waals surface area contributed by atoms with Crippen molar-refractivity contribution in [3.8, 4) is 0 Å². The molecule has 0 aliphatic carbocycles. The fraction of sp³-hybridized carbons (Fsp3) is 0.583. The van der Waals surface area contributed by atoms with Crippen LogP contribution in [0.4, 0.5) is 19.0 Å². The standard InChI is InChI=1S/C12H18F3N3/c1-9(2)16-6-7-18(3)11-8-10(4-5-17-11)12(13,14)15/h4-5,8-9,16H,6-7H2,1-3H3. The summed E-state index contributed by atoms with van der Waals surface area (Å²) in [5.74, 6) is 0.329. The predicted octanol–water partition coefficient (Wildman–Crippen LogP) is 2.53. The maximum absolute atomic E-state index is 12.5. The van der Waals surface area contributed by atoms with Gasteiger partial charge in [-0.2, -0.15) is 13.2 Å². The first kappa shape index (κ1) is 14.8. The number of aromatic nitrogens is 1. The Morgan fingerprint density at radius 3 is 2.61 bits per heavy atom. The number of nitrogens with zero attached hydrogens (tertiary/aromatic N) is 2. The maximum atomic E-state index is 12.5. The molecule has 0 fully saturated rings. The smallest absolute Gasteiger partial charge is 0.358 e. The lowest BCUT2D eigenvalue weighted by Gasteiger charge is -2.20. The highest BCUT2D eigenvalue weighted by Gasteiger charge is 2.30. The Hall–Kier alpha value is -1.30. The molecule has 1 aromatic heterocycles. The molecule has 0 amide bonds. The van der Waals surface area contributed by atoms with Crippen molar-refractivity contribution in [3.05, 3.63) is 23.9 Å². The summed E-state index contributed by atoms with van der Waals surface area (Å²) < 4.78 is 37.6. The molecule has 3 nitrogen and oxygen atoms in total. The Morgan fingerprint density at radius 1 is 1.39 bits per heavy atom. The number of halogens is 3. The normalized spacial score (nSPS) is 11.9. The molecule has 0 saturated carbocycles. The lowest BCUT2D eigenvalue weighted by molar-refractivity contribution is -0.137. The zero-order chi connectivity index (χ0) is 13.8. The van der Waals surface area contributed by atoms with Crippen molar-refractivity contribution >= 4 is 5.82 Å². The largest absolute Gasteiger partial charge is 0.416 e. The fourth-order valence-corrected chi connectivity index (χ4v) is 1.44. The number of likely N-dealkylation sites (N-methyl/N-ethyl adjacent to an activating group) is 1. The SMILES string of the molecule is CC(C)NCCN(C)c1cc(C(F)(F)F)ccn1. The van der Waals surface area contributed by atoms with Gasteiger partial charge in [-0.05, 0) is 12.1 Å². The van der Waals surface area contributed by atoms with Gasteiger partial charge in [0.15, 0.2) is 0 Å². The summed E-state index contributed by atoms with van der Waals surface area (Å²) in [6, 6.07) is 2.40. The number of hydrogen-bond acceptors (Lipinski definition) is 3. The first-order valence-electron chi connectivity index (χ1n) is 5.78. The van der Waals surface area contributed by atoms with E-state index >= 15 is 0 Å². The number of nitrogens with one attached hydrogen (secondary N) is 1. The summed E-state index contributed by atoms with van der Waals surface area (Å²) in [6.07, 6.45) is -3.14. The zero-order valence-corrected chi connectivity index (χ0v) is 10.8. The van der Waals surface area contributed by atoms with Gasteiger partial charge in [0.1, 0.15) is 5.82 Å². The van der Waals surface area contributed by atoms with Crippen molar-refractivity contribution in [1.29, 1.82) is 0 Å². The third kappa shape index (κ3) is 4.52. The van der Waals surface area contributed by atoms with Gasteiger partial charge in [0.25, 0.3) is 0 Å². The highest BCUT2D eigenvalue weighted by atomic mass is 19.4. The molecule has 0 radical (unpaired) electrons. The third-order valence-corrected chi connectivity index (χ3v) is 2.46. The van der Waals surface area contributed by atoms with Crippen LogP contribution in [0.25, 0.3) is 0 Å². The molecule has 0 spiro atoms. The minimum Gasteiger partial charge on any atom is -0.358 e. The molecular formula is C12H18F3N3. The van der Waals surface area contributed by atoms with Crippen LogP contribution in [0.5, 0.6) is 0 Å². The van der Waals surface area contributed by atoms with E-state index in [4.69, 9.17) is 0 Å². The van der Waals surface area contributed by atoms with Crippen LogP contribution >= 0.6 is 0 Å². The first-order chi connectivity index (χ1) is 8.30. The summed E-state index contributed by atoms with van der Waals surface area (Å²) in [7, 11) is 1.73. The average molecular weight is 261 g/mol. The minimum atomic E-state index is -4.32. The van der Waals surface area contributed by atoms with Crippen molar-refractivity contribution in [3.63, 3.8) is 0 Å². The summed E-state index contributed by atoms with van der Waals surface area (Å²) >= 11 is 0. The molecule has 0 bridgehead atoms. The first-order valence-corrected chi connectivity index (χ1v) is 5.78. The van der Waals surface area contributed by atoms with Gasteiger partial charge in [-0.15, -0.1) is 0 Å². The highest BCUT2D eigenvalue weighted by molar-refractivity contribution is 5.40. The van der Waals surface area contributed by atoms with Gasteiger partial charge in [0, 0.05) is 32.4 Å². The van der Waals surface area contributed by atoms with Crippen LogP contribution in [-0.2, 0) is 6.18 Å². The molecule has 0 aromatic carbocycles. The number of anilines is 1. The Labute approximate surface area is 105 Å². The molecule has 0 atom stereocenters. The average Bonchev–Trinajstić information content (AvgIpc) is 2.27. The van der Waals surface area contributed by atoms with E-state index in [-0.39, 0.29) is 0 Å². The lowest BCUT2D eigenvalue weighted by atomic mass is 10.2. The maximum Gasteiger partial charge on any atom is 0.416 e. The van der Waals surface area contributed by atoms with Crippen LogP contribution in [0.15, 0.2) is 18.3 Å². The fourth-order valence-electron chi connectivity index (χ4n) is 1.44. The molecule has 1 aromatic rings. The molecule has 0 aliphatic rings. The van der Waals surface area contributed by atoms with E-state index in [0.717, 1.165) is 12.1 Å². The second kappa shape index (κ2) is 6.04. The molecule has 0 aliphatic heterocycles. The number of pyridine rings is 1. The van der Waals surface area contributed by atoms with Crippen molar-refractivity contribution in [1.82, 2.24) is 10.3 Å². The minimum absolute atomic E-state index is 0.329. The molecule has 0 saturated heterocycles. The van der Waals surface area contributed by atoms with Gasteiger partial charge in [-0.1, -0.05) is 13.8 Å². The summed E-state index contributed by atoms with van der Waals surface area (Å²) in [5, 5.41) is 3.20. The van der Waals surface area contributed by atoms with Gasteiger partial charge in [-0.3, -0.25) is 0 Å². The van der Waals surface area contributed by atoms with Gasteiger partial charge in [0.2, 0.25) is 0 Å². The van der Waals surface area contributed by atoms with Crippen LogP contribution < -0.4 is 10.2 Å². The molecule has 1 rings (SSSR count). The number of hydrogen-bond donors (Lipinski definition) is 1. The predicted molar refractivity (Wildman–Crippen MR) is 65.6 cm³/mol. The molecule has 102 valence electrons. The quantitative estimate of drug-likeness (QED) is 0.882. The number of rotatable bonds is 5. The van der Waals surface area contributed by atoms with Crippen molar-refractivity contribution < 1.29 is 13.2 Å². The van der Waals surface area contributed by atoms with Gasteiger partial charge in [-0.25, -0.2) is 4.98 Å². The van der Waals surface area contributed by atoms with Crippen LogP contribution in [0.2, 0.25) is 0 Å². The third-order valence-electron chi connectivity index (χ3n) is 2.46. The Kier molecular flexibility index (Phi) is 4.95. The van der Waals surface area contributed by atoms with Crippen molar-refractivity contribution in [2.45, 2.75) is 26.1 Å². The lowest BCUT2D eigenvalue weighted by Crippen LogP contribution is -2.33. The zero-order valence-electron chi connectivity index (χ0n) is 10.8. The van der Waals surface area contributed by atoms with Gasteiger partial charge in [0.05, 0.1) is 5.56 Å². The molecular weight excluding hydrogens is 243 g/mol. The van der Waals surface area contributed by atoms with Crippen molar-refractivity contribution in [2.75, 3.05) is 25.0 Å². The summed E-state index contributed by atoms with van der Waals surface area (Å²) in [4.78, 5) is 5.65. The van der Waals surface area contributed by atoms with E-state index in [0.29, 0.717) is 24.9 Å². The van der Waals surface area contributed by atoms with E-state index < -0.39 is 11.7 Å². The highest BCUT2D eigenvalue weighted by Crippen LogP contribution is 2.30. The molecule has 6 heteroatoms. The van der Waals surface area contributed by atoms with Crippen LogP contribution in [-0.4, -0.2) is 31.2 Å². The van der Waals surface area contributed by atoms with Crippen molar-refractivity contribution in [2.24, 2.45) is 0 Å². The monoisotopic (exact) mass is 261 g/mol. The molecule has 0 unspecified atom stereocenters. The van der Waals surface area contributed by atoms with Crippen LogP contribution in [0, 0.1) is 0 Å². The Bertz CT molecular complexity index is 377. The van der Waals surface area contributed by atoms with E-state index in [1.165, 1.54) is 6.20 Å². The van der Waals surface area contributed by atoms with Gasteiger partial charge < -0.3 is 10.2 Å². The summed E-state index contributed by atoms with van der Waals surface area (Å²) in [5.41, 5.74) is -0.670. The van der Waals surface area contributed by atoms with E-state index in [9.17, 15) is 13.2 Å². The van der Waals surface area contributed by atoms with Crippen LogP contribution in [0.1, 0.15) is 19.4 Å². The Morgan fingerprint density at radius 2 is 2.06 bits per heavy atom. The Balaban J connectivity index is 2.66. The second-order valence-electron chi connectivity index (χ2n) is 4.43. The van der Waals surface area contributed by atoms with E-state index in [1.54, 1.807) is 11.9 Å². The molecule has 18 heavy (non-hydrogen) atoms. The van der Waals surface area contributed by atoms with Gasteiger partial charge >= 0.3 is 6.18 Å². The van der Waals surface area contributed by atoms with E-state index in [2.05, 4.69) is 10.3 Å². The second-order valence-corrected chi connectivity index (χ2v) is 4.43. The molecule has 1 heterocycles. The summed E-state index contributed by atoms with van der Waals surface area (Å²) in [6.45, 7) is 5.34. The number of alkyl halides is 3. The van der Waals surface area contributed by atoms with Crippen LogP contribution in [0.3, 0.4) is 0 Å². The topological polar surface area (TPSA) is 28.2 Å². The van der Waals surface area contributed by atoms with E-state index in [1.807, 2.05) is 13.8 Å². The molecule has 1 N–H and O–H groups in total.